The van der Waals surface area contributed by atoms with Crippen molar-refractivity contribution in [3.05, 3.63) is 59.7 Å². The Morgan fingerprint density at radius 1 is 1.08 bits per heavy atom. The predicted octanol–water partition coefficient (Wildman–Crippen LogP) is 3.31. The summed E-state index contributed by atoms with van der Waals surface area (Å²) in [4.78, 5) is 14.8. The van der Waals surface area contributed by atoms with Gasteiger partial charge in [-0.05, 0) is 42.8 Å². The molecule has 2 unspecified atom stereocenters. The molecule has 1 aliphatic rings. The molecular weight excluding hydrogens is 318 g/mol. The molecule has 1 aliphatic heterocycles. The number of carbonyl (C=O) groups is 1. The lowest BCUT2D eigenvalue weighted by molar-refractivity contribution is -0.0486. The number of carbonyl (C=O) groups excluding carboxylic acids is 1. The highest BCUT2D eigenvalue weighted by atomic mass is 16.5. The molecule has 2 aromatic carbocycles. The number of methoxy groups -OCH3 is 2. The molecule has 0 saturated carbocycles. The van der Waals surface area contributed by atoms with E-state index in [2.05, 4.69) is 0 Å². The normalized spacial score (nSPS) is 20.2. The smallest absolute Gasteiger partial charge is 0.254 e. The molecule has 0 spiro atoms. The number of hydrogen-bond acceptors (Lipinski definition) is 4. The van der Waals surface area contributed by atoms with E-state index in [1.807, 2.05) is 54.3 Å². The summed E-state index contributed by atoms with van der Waals surface area (Å²) in [6.07, 6.45) is -0.142. The van der Waals surface area contributed by atoms with Crippen LogP contribution in [0.3, 0.4) is 0 Å². The van der Waals surface area contributed by atoms with E-state index in [4.69, 9.17) is 14.2 Å². The molecule has 5 heteroatoms. The van der Waals surface area contributed by atoms with Crippen molar-refractivity contribution in [2.24, 2.45) is 0 Å². The van der Waals surface area contributed by atoms with Gasteiger partial charge in [0.15, 0.2) is 0 Å². The maximum absolute atomic E-state index is 13.0. The number of benzene rings is 2. The molecular formula is C20H23NO4. The molecule has 2 aromatic rings. The van der Waals surface area contributed by atoms with Gasteiger partial charge in [-0.1, -0.05) is 18.2 Å². The summed E-state index contributed by atoms with van der Waals surface area (Å²) in [7, 11) is 3.24. The van der Waals surface area contributed by atoms with Gasteiger partial charge in [-0.2, -0.15) is 0 Å². The first-order chi connectivity index (χ1) is 12.1. The predicted molar refractivity (Wildman–Crippen MR) is 95.2 cm³/mol. The lowest BCUT2D eigenvalue weighted by Crippen LogP contribution is -2.48. The fourth-order valence-electron chi connectivity index (χ4n) is 2.98. The van der Waals surface area contributed by atoms with Crippen molar-refractivity contribution in [2.75, 3.05) is 27.4 Å². The topological polar surface area (TPSA) is 48.0 Å². The highest BCUT2D eigenvalue weighted by Gasteiger charge is 2.31. The second-order valence-electron chi connectivity index (χ2n) is 6.13. The maximum Gasteiger partial charge on any atom is 0.254 e. The average Bonchev–Trinajstić information content (AvgIpc) is 2.68. The summed E-state index contributed by atoms with van der Waals surface area (Å²) in [5.74, 6) is 1.48. The monoisotopic (exact) mass is 341 g/mol. The molecule has 0 aliphatic carbocycles. The van der Waals surface area contributed by atoms with Crippen molar-refractivity contribution in [3.8, 4) is 11.5 Å². The molecule has 3 rings (SSSR count). The van der Waals surface area contributed by atoms with Crippen LogP contribution in [-0.2, 0) is 4.74 Å². The third-order valence-corrected chi connectivity index (χ3v) is 4.50. The largest absolute Gasteiger partial charge is 0.497 e. The van der Waals surface area contributed by atoms with Gasteiger partial charge in [0.1, 0.15) is 17.6 Å². The van der Waals surface area contributed by atoms with Crippen LogP contribution in [0.4, 0.5) is 0 Å². The summed E-state index contributed by atoms with van der Waals surface area (Å²) in [5.41, 5.74) is 1.66. The standard InChI is InChI=1S/C20H23NO4/c1-14-13-25-19(15-7-9-17(23-2)10-8-15)12-21(14)20(22)16-5-4-6-18(11-16)24-3/h4-11,14,19H,12-13H2,1-3H3. The van der Waals surface area contributed by atoms with Crippen LogP contribution in [0.1, 0.15) is 28.9 Å². The van der Waals surface area contributed by atoms with Crippen molar-refractivity contribution >= 4 is 5.91 Å². The molecule has 132 valence electrons. The van der Waals surface area contributed by atoms with E-state index < -0.39 is 0 Å². The summed E-state index contributed by atoms with van der Waals surface area (Å²) >= 11 is 0. The second-order valence-corrected chi connectivity index (χ2v) is 6.13. The van der Waals surface area contributed by atoms with Crippen LogP contribution in [0.25, 0.3) is 0 Å². The quantitative estimate of drug-likeness (QED) is 0.856. The van der Waals surface area contributed by atoms with E-state index in [0.717, 1.165) is 11.3 Å². The van der Waals surface area contributed by atoms with E-state index in [-0.39, 0.29) is 18.1 Å². The Hall–Kier alpha value is -2.53. The van der Waals surface area contributed by atoms with Gasteiger partial charge >= 0.3 is 0 Å². The molecule has 0 bridgehead atoms. The van der Waals surface area contributed by atoms with Crippen molar-refractivity contribution < 1.29 is 19.0 Å². The SMILES string of the molecule is COc1ccc(C2CN(C(=O)c3cccc(OC)c3)C(C)CO2)cc1. The Morgan fingerprint density at radius 2 is 1.80 bits per heavy atom. The lowest BCUT2D eigenvalue weighted by Gasteiger charge is -2.38. The van der Waals surface area contributed by atoms with Crippen LogP contribution in [-0.4, -0.2) is 44.2 Å². The Morgan fingerprint density at radius 3 is 2.48 bits per heavy atom. The summed E-state index contributed by atoms with van der Waals surface area (Å²) < 4.78 is 16.4. The van der Waals surface area contributed by atoms with Gasteiger partial charge < -0.3 is 19.1 Å². The zero-order chi connectivity index (χ0) is 17.8. The van der Waals surface area contributed by atoms with E-state index in [9.17, 15) is 4.79 Å². The van der Waals surface area contributed by atoms with E-state index in [0.29, 0.717) is 24.5 Å². The van der Waals surface area contributed by atoms with Crippen molar-refractivity contribution in [1.82, 2.24) is 4.90 Å². The fourth-order valence-corrected chi connectivity index (χ4v) is 2.98. The maximum atomic E-state index is 13.0. The molecule has 5 nitrogen and oxygen atoms in total. The Balaban J connectivity index is 1.78. The molecule has 0 aromatic heterocycles. The van der Waals surface area contributed by atoms with Gasteiger partial charge in [0, 0.05) is 5.56 Å². The van der Waals surface area contributed by atoms with Crippen LogP contribution in [0.5, 0.6) is 11.5 Å². The van der Waals surface area contributed by atoms with Crippen LogP contribution in [0.15, 0.2) is 48.5 Å². The van der Waals surface area contributed by atoms with E-state index in [1.54, 1.807) is 20.3 Å². The van der Waals surface area contributed by atoms with Gasteiger partial charge in [-0.15, -0.1) is 0 Å². The van der Waals surface area contributed by atoms with Crippen LogP contribution in [0.2, 0.25) is 0 Å². The van der Waals surface area contributed by atoms with Crippen molar-refractivity contribution in [3.63, 3.8) is 0 Å². The second kappa shape index (κ2) is 7.57. The molecule has 1 amide bonds. The summed E-state index contributed by atoms with van der Waals surface area (Å²) in [6.45, 7) is 3.03. The first-order valence-electron chi connectivity index (χ1n) is 8.33. The number of amides is 1. The summed E-state index contributed by atoms with van der Waals surface area (Å²) in [5, 5.41) is 0. The van der Waals surface area contributed by atoms with Gasteiger partial charge in [0.05, 0.1) is 33.4 Å². The van der Waals surface area contributed by atoms with Crippen molar-refractivity contribution in [2.45, 2.75) is 19.1 Å². The minimum absolute atomic E-state index is 0.00629. The van der Waals surface area contributed by atoms with Gasteiger partial charge in [-0.25, -0.2) is 0 Å². The zero-order valence-electron chi connectivity index (χ0n) is 14.8. The van der Waals surface area contributed by atoms with Crippen LogP contribution in [0, 0.1) is 0 Å². The van der Waals surface area contributed by atoms with E-state index in [1.165, 1.54) is 0 Å². The van der Waals surface area contributed by atoms with Crippen LogP contribution < -0.4 is 9.47 Å². The molecule has 1 fully saturated rings. The summed E-state index contributed by atoms with van der Waals surface area (Å²) in [6, 6.07) is 15.0. The number of ether oxygens (including phenoxy) is 3. The highest BCUT2D eigenvalue weighted by molar-refractivity contribution is 5.95. The van der Waals surface area contributed by atoms with E-state index >= 15 is 0 Å². The van der Waals surface area contributed by atoms with Gasteiger partial charge in [0.2, 0.25) is 0 Å². The highest BCUT2D eigenvalue weighted by Crippen LogP contribution is 2.28. The number of hydrogen-bond donors (Lipinski definition) is 0. The third kappa shape index (κ3) is 3.77. The average molecular weight is 341 g/mol. The molecule has 1 heterocycles. The first kappa shape index (κ1) is 17.3. The molecule has 0 radical (unpaired) electrons. The minimum atomic E-state index is -0.142. The Bertz CT molecular complexity index is 729. The molecule has 25 heavy (non-hydrogen) atoms. The lowest BCUT2D eigenvalue weighted by atomic mass is 10.0. The van der Waals surface area contributed by atoms with Crippen LogP contribution >= 0.6 is 0 Å². The minimum Gasteiger partial charge on any atom is -0.497 e. The number of morpholine rings is 1. The molecule has 1 saturated heterocycles. The zero-order valence-corrected chi connectivity index (χ0v) is 14.8. The third-order valence-electron chi connectivity index (χ3n) is 4.50. The molecule has 2 atom stereocenters. The Kier molecular flexibility index (Phi) is 5.24. The number of nitrogens with zero attached hydrogens (tertiary/aromatic N) is 1. The Labute approximate surface area is 148 Å². The fraction of sp³-hybridized carbons (Fsp3) is 0.350. The molecule has 0 N–H and O–H groups in total. The van der Waals surface area contributed by atoms with Gasteiger partial charge in [-0.3, -0.25) is 4.79 Å². The van der Waals surface area contributed by atoms with Crippen molar-refractivity contribution in [1.29, 1.82) is 0 Å². The number of rotatable bonds is 4. The first-order valence-corrected chi connectivity index (χ1v) is 8.33. The van der Waals surface area contributed by atoms with Gasteiger partial charge in [0.25, 0.3) is 5.91 Å².